The summed E-state index contributed by atoms with van der Waals surface area (Å²) in [6.07, 6.45) is 4.90. The Morgan fingerprint density at radius 3 is 3.00 bits per heavy atom. The van der Waals surface area contributed by atoms with E-state index in [1.807, 2.05) is 16.6 Å². The van der Waals surface area contributed by atoms with Gasteiger partial charge in [-0.2, -0.15) is 5.10 Å². The fourth-order valence-corrected chi connectivity index (χ4v) is 2.78. The summed E-state index contributed by atoms with van der Waals surface area (Å²) in [6.45, 7) is 3.27. The van der Waals surface area contributed by atoms with E-state index in [0.717, 1.165) is 23.6 Å². The van der Waals surface area contributed by atoms with Gasteiger partial charge in [0, 0.05) is 18.2 Å². The molecule has 1 atom stereocenters. The summed E-state index contributed by atoms with van der Waals surface area (Å²) in [5.41, 5.74) is 2.10. The molecule has 0 saturated carbocycles. The molecule has 1 saturated heterocycles. The molecule has 0 aliphatic carbocycles. The zero-order chi connectivity index (χ0) is 12.5. The van der Waals surface area contributed by atoms with Gasteiger partial charge in [0.1, 0.15) is 0 Å². The summed E-state index contributed by atoms with van der Waals surface area (Å²) in [4.78, 5) is 7.07. The van der Waals surface area contributed by atoms with Crippen molar-refractivity contribution in [1.82, 2.24) is 19.5 Å². The average molecular weight is 244 g/mol. The lowest BCUT2D eigenvalue weighted by molar-refractivity contribution is 0.182. The van der Waals surface area contributed by atoms with Gasteiger partial charge >= 0.3 is 0 Å². The summed E-state index contributed by atoms with van der Waals surface area (Å²) in [6, 6.07) is 6.73. The highest BCUT2D eigenvalue weighted by Gasteiger charge is 2.21. The lowest BCUT2D eigenvalue weighted by Crippen LogP contribution is -2.37. The predicted molar refractivity (Wildman–Crippen MR) is 71.7 cm³/mol. The van der Waals surface area contributed by atoms with Crippen molar-refractivity contribution in [3.63, 3.8) is 0 Å². The summed E-state index contributed by atoms with van der Waals surface area (Å²) in [5.74, 6) is 0.975. The quantitative estimate of drug-likeness (QED) is 0.811. The zero-order valence-corrected chi connectivity index (χ0v) is 11.1. The van der Waals surface area contributed by atoms with Crippen LogP contribution < -0.4 is 0 Å². The van der Waals surface area contributed by atoms with Crippen LogP contribution in [0.3, 0.4) is 0 Å². The Balaban J connectivity index is 1.84. The van der Waals surface area contributed by atoms with Crippen molar-refractivity contribution in [3.8, 4) is 0 Å². The number of piperidine rings is 1. The molecule has 0 amide bonds. The molecule has 2 aromatic rings. The van der Waals surface area contributed by atoms with Crippen LogP contribution in [0.4, 0.5) is 0 Å². The Hall–Kier alpha value is -1.42. The maximum absolute atomic E-state index is 4.63. The van der Waals surface area contributed by atoms with Gasteiger partial charge < -0.3 is 4.90 Å². The van der Waals surface area contributed by atoms with Gasteiger partial charge in [-0.3, -0.25) is 0 Å². The molecule has 1 unspecified atom stereocenters. The number of likely N-dealkylation sites (N-methyl/N-ethyl adjacent to an activating group) is 1. The molecule has 1 aliphatic heterocycles. The van der Waals surface area contributed by atoms with E-state index < -0.39 is 0 Å². The van der Waals surface area contributed by atoms with Crippen molar-refractivity contribution in [2.75, 3.05) is 13.6 Å². The Bertz CT molecular complexity index is 546. The van der Waals surface area contributed by atoms with Gasteiger partial charge in [-0.25, -0.2) is 9.50 Å². The number of hydrogen-bond acceptors (Lipinski definition) is 3. The lowest BCUT2D eigenvalue weighted by Gasteiger charge is -2.31. The van der Waals surface area contributed by atoms with Crippen molar-refractivity contribution in [2.24, 2.45) is 0 Å². The molecule has 96 valence electrons. The monoisotopic (exact) mass is 244 g/mol. The minimum absolute atomic E-state index is 0.608. The molecule has 1 aliphatic rings. The number of aromatic nitrogens is 3. The number of likely N-dealkylation sites (tertiary alicyclic amines) is 1. The molecule has 1 fully saturated rings. The fraction of sp³-hybridized carbons (Fsp3) is 0.571. The molecular weight excluding hydrogens is 224 g/mol. The van der Waals surface area contributed by atoms with Crippen LogP contribution in [0.2, 0.25) is 0 Å². The first-order valence-corrected chi connectivity index (χ1v) is 6.75. The third-order valence-corrected chi connectivity index (χ3v) is 3.93. The number of aryl methyl sites for hydroxylation is 1. The van der Waals surface area contributed by atoms with Crippen molar-refractivity contribution >= 4 is 5.65 Å². The number of nitrogens with zero attached hydrogens (tertiary/aromatic N) is 4. The van der Waals surface area contributed by atoms with E-state index >= 15 is 0 Å². The Kier molecular flexibility index (Phi) is 3.04. The van der Waals surface area contributed by atoms with Crippen LogP contribution in [-0.2, 0) is 6.42 Å². The van der Waals surface area contributed by atoms with Gasteiger partial charge in [-0.05, 0) is 45.5 Å². The second kappa shape index (κ2) is 4.69. The molecule has 0 spiro atoms. The molecular formula is C14H20N4. The van der Waals surface area contributed by atoms with Gasteiger partial charge in [0.2, 0.25) is 0 Å². The van der Waals surface area contributed by atoms with E-state index in [0.29, 0.717) is 6.04 Å². The van der Waals surface area contributed by atoms with E-state index in [1.54, 1.807) is 0 Å². The molecule has 0 N–H and O–H groups in total. The topological polar surface area (TPSA) is 33.4 Å². The molecule has 4 nitrogen and oxygen atoms in total. The molecule has 2 aromatic heterocycles. The maximum atomic E-state index is 4.63. The maximum Gasteiger partial charge on any atom is 0.155 e. The average Bonchev–Trinajstić information content (AvgIpc) is 2.76. The molecule has 4 heteroatoms. The SMILES string of the molecule is Cc1cccc2nc(CC3CCCCN3C)nn12. The largest absolute Gasteiger partial charge is 0.303 e. The minimum atomic E-state index is 0.608. The Morgan fingerprint density at radius 2 is 2.22 bits per heavy atom. The van der Waals surface area contributed by atoms with Crippen molar-refractivity contribution in [3.05, 3.63) is 29.7 Å². The van der Waals surface area contributed by atoms with Gasteiger partial charge in [0.15, 0.2) is 11.5 Å². The van der Waals surface area contributed by atoms with Crippen molar-refractivity contribution in [1.29, 1.82) is 0 Å². The zero-order valence-electron chi connectivity index (χ0n) is 11.1. The van der Waals surface area contributed by atoms with E-state index in [-0.39, 0.29) is 0 Å². The highest BCUT2D eigenvalue weighted by molar-refractivity contribution is 5.38. The standard InChI is InChI=1S/C14H20N4/c1-11-6-5-8-14-15-13(16-18(11)14)10-12-7-3-4-9-17(12)2/h5-6,8,12H,3-4,7,9-10H2,1-2H3. The van der Waals surface area contributed by atoms with Crippen LogP contribution in [0.1, 0.15) is 30.8 Å². The molecule has 0 aromatic carbocycles. The van der Waals surface area contributed by atoms with Crippen LogP contribution in [0.25, 0.3) is 5.65 Å². The van der Waals surface area contributed by atoms with E-state index in [2.05, 4.69) is 35.0 Å². The number of hydrogen-bond donors (Lipinski definition) is 0. The Morgan fingerprint density at radius 1 is 1.33 bits per heavy atom. The van der Waals surface area contributed by atoms with Gasteiger partial charge in [0.05, 0.1) is 0 Å². The molecule has 3 heterocycles. The number of rotatable bonds is 2. The summed E-state index contributed by atoms with van der Waals surface area (Å²) in [5, 5.41) is 4.62. The molecule has 18 heavy (non-hydrogen) atoms. The summed E-state index contributed by atoms with van der Waals surface area (Å²) >= 11 is 0. The first-order valence-electron chi connectivity index (χ1n) is 6.75. The highest BCUT2D eigenvalue weighted by atomic mass is 15.3. The second-order valence-corrected chi connectivity index (χ2v) is 5.30. The Labute approximate surface area is 108 Å². The molecule has 0 bridgehead atoms. The van der Waals surface area contributed by atoms with Crippen LogP contribution in [-0.4, -0.2) is 39.1 Å². The van der Waals surface area contributed by atoms with Crippen LogP contribution >= 0.6 is 0 Å². The third-order valence-electron chi connectivity index (χ3n) is 3.93. The fourth-order valence-electron chi connectivity index (χ4n) is 2.78. The van der Waals surface area contributed by atoms with Crippen molar-refractivity contribution in [2.45, 2.75) is 38.6 Å². The number of pyridine rings is 1. The third kappa shape index (κ3) is 2.12. The minimum Gasteiger partial charge on any atom is -0.303 e. The van der Waals surface area contributed by atoms with E-state index in [9.17, 15) is 0 Å². The summed E-state index contributed by atoms with van der Waals surface area (Å²) in [7, 11) is 2.21. The van der Waals surface area contributed by atoms with E-state index in [1.165, 1.54) is 25.8 Å². The molecule has 3 rings (SSSR count). The second-order valence-electron chi connectivity index (χ2n) is 5.30. The predicted octanol–water partition coefficient (Wildman–Crippen LogP) is 2.06. The van der Waals surface area contributed by atoms with E-state index in [4.69, 9.17) is 0 Å². The lowest BCUT2D eigenvalue weighted by atomic mass is 10.00. The van der Waals surface area contributed by atoms with Crippen molar-refractivity contribution < 1.29 is 0 Å². The number of fused-ring (bicyclic) bond motifs is 1. The molecule has 0 radical (unpaired) electrons. The van der Waals surface area contributed by atoms with Crippen LogP contribution in [0.5, 0.6) is 0 Å². The summed E-state index contributed by atoms with van der Waals surface area (Å²) < 4.78 is 1.94. The first-order chi connectivity index (χ1) is 8.74. The first kappa shape index (κ1) is 11.7. The smallest absolute Gasteiger partial charge is 0.155 e. The van der Waals surface area contributed by atoms with Gasteiger partial charge in [-0.1, -0.05) is 12.5 Å². The van der Waals surface area contributed by atoms with Crippen LogP contribution in [0, 0.1) is 6.92 Å². The highest BCUT2D eigenvalue weighted by Crippen LogP contribution is 2.18. The van der Waals surface area contributed by atoms with Gasteiger partial charge in [0.25, 0.3) is 0 Å². The van der Waals surface area contributed by atoms with Gasteiger partial charge in [-0.15, -0.1) is 0 Å². The van der Waals surface area contributed by atoms with Crippen LogP contribution in [0.15, 0.2) is 18.2 Å². The normalized spacial score (nSPS) is 21.6.